The standard InChI is InChI=1S/C23H22BrFN6O4/c1-4-30-8-7-14(12-30)22(32)21-20(27-29(3)28-21)17-6-5-16(25)10-18(17)13(2)35-19-9-15(24)11-26-23(19)31(33)34/h5-13,33-34H,4H2,1-3H3/t13-/m1/s1. The van der Waals surface area contributed by atoms with Crippen LogP contribution in [0.5, 0.6) is 5.75 Å². The fraction of sp³-hybridized carbons (Fsp3) is 0.217. The van der Waals surface area contributed by atoms with Gasteiger partial charge in [0.1, 0.15) is 17.6 Å². The van der Waals surface area contributed by atoms with Crippen LogP contribution in [-0.2, 0) is 13.6 Å². The molecule has 0 unspecified atom stereocenters. The number of benzene rings is 1. The number of carbonyl (C=O) groups is 1. The third-order valence-corrected chi connectivity index (χ3v) is 5.74. The molecule has 0 saturated carbocycles. The molecule has 1 aromatic carbocycles. The number of pyridine rings is 1. The number of aromatic nitrogens is 5. The van der Waals surface area contributed by atoms with Gasteiger partial charge in [0.15, 0.2) is 11.4 Å². The average molecular weight is 545 g/mol. The molecule has 0 saturated heterocycles. The Balaban J connectivity index is 1.77. The third-order valence-electron chi connectivity index (χ3n) is 5.31. The number of halogens is 2. The smallest absolute Gasteiger partial charge is 0.225 e. The van der Waals surface area contributed by atoms with Gasteiger partial charge >= 0.3 is 0 Å². The highest BCUT2D eigenvalue weighted by Crippen LogP contribution is 2.36. The lowest BCUT2D eigenvalue weighted by Crippen LogP contribution is -2.16. The van der Waals surface area contributed by atoms with Crippen LogP contribution >= 0.6 is 15.9 Å². The summed E-state index contributed by atoms with van der Waals surface area (Å²) in [6, 6.07) is 7.24. The Morgan fingerprint density at radius 3 is 2.71 bits per heavy atom. The quantitative estimate of drug-likeness (QED) is 0.245. The number of ketones is 1. The van der Waals surface area contributed by atoms with Crippen molar-refractivity contribution in [1.82, 2.24) is 24.5 Å². The number of carbonyl (C=O) groups excluding carboxylic acids is 1. The molecular weight excluding hydrogens is 523 g/mol. The molecule has 0 radical (unpaired) electrons. The Morgan fingerprint density at radius 1 is 1.26 bits per heavy atom. The monoisotopic (exact) mass is 544 g/mol. The summed E-state index contributed by atoms with van der Waals surface area (Å²) in [6.45, 7) is 4.33. The molecule has 0 fully saturated rings. The van der Waals surface area contributed by atoms with Gasteiger partial charge in [-0.2, -0.15) is 9.90 Å². The van der Waals surface area contributed by atoms with Gasteiger partial charge in [0.05, 0.1) is 0 Å². The number of anilines is 1. The normalized spacial score (nSPS) is 12.0. The van der Waals surface area contributed by atoms with Crippen LogP contribution < -0.4 is 9.96 Å². The molecule has 4 rings (SSSR count). The van der Waals surface area contributed by atoms with Gasteiger partial charge in [-0.25, -0.2) is 9.37 Å². The van der Waals surface area contributed by atoms with Crippen LogP contribution in [0.1, 0.15) is 41.6 Å². The summed E-state index contributed by atoms with van der Waals surface area (Å²) in [5.74, 6) is -1.06. The average Bonchev–Trinajstić information content (AvgIpc) is 3.45. The van der Waals surface area contributed by atoms with Crippen molar-refractivity contribution < 1.29 is 24.3 Å². The Bertz CT molecular complexity index is 1390. The molecule has 3 aromatic heterocycles. The molecule has 2 N–H and O–H groups in total. The first-order valence-electron chi connectivity index (χ1n) is 10.6. The fourth-order valence-corrected chi connectivity index (χ4v) is 3.95. The van der Waals surface area contributed by atoms with Crippen LogP contribution in [0.15, 0.2) is 53.4 Å². The summed E-state index contributed by atoms with van der Waals surface area (Å²) < 4.78 is 22.7. The third kappa shape index (κ3) is 5.09. The minimum atomic E-state index is -0.804. The molecule has 4 aromatic rings. The summed E-state index contributed by atoms with van der Waals surface area (Å²) >= 11 is 3.27. The van der Waals surface area contributed by atoms with Gasteiger partial charge in [-0.15, -0.1) is 10.3 Å². The van der Waals surface area contributed by atoms with E-state index < -0.39 is 11.9 Å². The number of ether oxygens (including phenoxy) is 1. The first-order valence-corrected chi connectivity index (χ1v) is 11.4. The van der Waals surface area contributed by atoms with Crippen molar-refractivity contribution in [3.05, 3.63) is 76.0 Å². The van der Waals surface area contributed by atoms with E-state index in [0.717, 1.165) is 0 Å². The highest BCUT2D eigenvalue weighted by atomic mass is 79.9. The van der Waals surface area contributed by atoms with Gasteiger partial charge in [0.2, 0.25) is 11.6 Å². The lowest BCUT2D eigenvalue weighted by Gasteiger charge is -2.20. The van der Waals surface area contributed by atoms with Crippen LogP contribution in [0.2, 0.25) is 0 Å². The van der Waals surface area contributed by atoms with Crippen molar-refractivity contribution >= 4 is 27.5 Å². The van der Waals surface area contributed by atoms with Crippen LogP contribution in [0.3, 0.4) is 0 Å². The second-order valence-electron chi connectivity index (χ2n) is 7.70. The molecule has 0 amide bonds. The van der Waals surface area contributed by atoms with E-state index in [9.17, 15) is 19.6 Å². The summed E-state index contributed by atoms with van der Waals surface area (Å²) in [5.41, 5.74) is 1.66. The molecule has 0 aliphatic carbocycles. The van der Waals surface area contributed by atoms with Crippen LogP contribution in [-0.4, -0.2) is 40.7 Å². The molecule has 182 valence electrons. The number of hydrogen-bond donors (Lipinski definition) is 2. The van der Waals surface area contributed by atoms with Crippen molar-refractivity contribution in [2.75, 3.05) is 5.23 Å². The van der Waals surface area contributed by atoms with Crippen molar-refractivity contribution in [3.63, 3.8) is 0 Å². The maximum absolute atomic E-state index is 14.3. The number of aryl methyl sites for hydroxylation is 2. The molecule has 0 spiro atoms. The van der Waals surface area contributed by atoms with Crippen molar-refractivity contribution in [1.29, 1.82) is 0 Å². The lowest BCUT2D eigenvalue weighted by molar-refractivity contribution is 0.0243. The van der Waals surface area contributed by atoms with E-state index in [1.54, 1.807) is 32.4 Å². The summed E-state index contributed by atoms with van der Waals surface area (Å²) in [4.78, 5) is 18.5. The van der Waals surface area contributed by atoms with Gasteiger partial charge in [0.25, 0.3) is 0 Å². The van der Waals surface area contributed by atoms with Crippen LogP contribution in [0.25, 0.3) is 11.3 Å². The topological polar surface area (TPSA) is 119 Å². The predicted molar refractivity (Wildman–Crippen MR) is 127 cm³/mol. The molecule has 3 heterocycles. The van der Waals surface area contributed by atoms with Crippen molar-refractivity contribution in [3.8, 4) is 17.0 Å². The minimum absolute atomic E-state index is 0.0310. The summed E-state index contributed by atoms with van der Waals surface area (Å²) in [5, 5.41) is 27.5. The fourth-order valence-electron chi connectivity index (χ4n) is 3.64. The molecule has 0 aliphatic heterocycles. The number of rotatable bonds is 8. The molecule has 1 atom stereocenters. The van der Waals surface area contributed by atoms with E-state index in [-0.39, 0.29) is 34.0 Å². The maximum Gasteiger partial charge on any atom is 0.225 e. The van der Waals surface area contributed by atoms with E-state index in [1.165, 1.54) is 35.3 Å². The van der Waals surface area contributed by atoms with Gasteiger partial charge < -0.3 is 9.30 Å². The van der Waals surface area contributed by atoms with E-state index in [0.29, 0.717) is 27.7 Å². The van der Waals surface area contributed by atoms with Crippen LogP contribution in [0.4, 0.5) is 10.2 Å². The van der Waals surface area contributed by atoms with Crippen LogP contribution in [0, 0.1) is 5.82 Å². The van der Waals surface area contributed by atoms with Crippen molar-refractivity contribution in [2.45, 2.75) is 26.5 Å². The Hall–Kier alpha value is -3.61. The highest BCUT2D eigenvalue weighted by Gasteiger charge is 2.26. The zero-order chi connectivity index (χ0) is 25.3. The molecule has 12 heteroatoms. The molecule has 10 nitrogen and oxygen atoms in total. The maximum atomic E-state index is 14.3. The Kier molecular flexibility index (Phi) is 6.96. The van der Waals surface area contributed by atoms with Gasteiger partial charge in [-0.3, -0.25) is 15.2 Å². The first-order chi connectivity index (χ1) is 16.7. The zero-order valence-corrected chi connectivity index (χ0v) is 20.6. The molecule has 35 heavy (non-hydrogen) atoms. The minimum Gasteiger partial charge on any atom is -0.482 e. The van der Waals surface area contributed by atoms with Gasteiger partial charge in [-0.1, -0.05) is 0 Å². The van der Waals surface area contributed by atoms with E-state index in [1.807, 2.05) is 11.5 Å². The SMILES string of the molecule is CCn1ccc(C(=O)c2nn(C)nc2-c2ccc(F)cc2[C@@H](C)Oc2cc(Br)cnc2N(O)O)c1. The lowest BCUT2D eigenvalue weighted by atomic mass is 9.97. The molecule has 0 bridgehead atoms. The van der Waals surface area contributed by atoms with E-state index in [4.69, 9.17) is 4.74 Å². The summed E-state index contributed by atoms with van der Waals surface area (Å²) in [6.07, 6.45) is 4.10. The molecule has 0 aliphatic rings. The summed E-state index contributed by atoms with van der Waals surface area (Å²) in [7, 11) is 1.59. The van der Waals surface area contributed by atoms with E-state index >= 15 is 0 Å². The molecular formula is C23H22BrFN6O4. The Labute approximate surface area is 208 Å². The highest BCUT2D eigenvalue weighted by molar-refractivity contribution is 9.10. The second-order valence-corrected chi connectivity index (χ2v) is 8.62. The first kappa shape index (κ1) is 24.5. The Morgan fingerprint density at radius 2 is 2.03 bits per heavy atom. The predicted octanol–water partition coefficient (Wildman–Crippen LogP) is 4.56. The number of nitrogens with zero attached hydrogens (tertiary/aromatic N) is 6. The second kappa shape index (κ2) is 9.94. The van der Waals surface area contributed by atoms with Gasteiger partial charge in [0, 0.05) is 53.3 Å². The van der Waals surface area contributed by atoms with Gasteiger partial charge in [-0.05, 0) is 60.1 Å². The number of hydrogen-bond acceptors (Lipinski definition) is 8. The zero-order valence-electron chi connectivity index (χ0n) is 19.1. The van der Waals surface area contributed by atoms with E-state index in [2.05, 4.69) is 31.1 Å². The van der Waals surface area contributed by atoms with Crippen molar-refractivity contribution in [2.24, 2.45) is 7.05 Å². The largest absolute Gasteiger partial charge is 0.482 e.